The lowest BCUT2D eigenvalue weighted by atomic mass is 10.1. The maximum atomic E-state index is 12.7. The lowest BCUT2D eigenvalue weighted by Gasteiger charge is -2.24. The maximum Gasteiger partial charge on any atom is 0.251 e. The molecule has 3 rings (SSSR count). The minimum Gasteiger partial charge on any atom is -0.352 e. The molecule has 1 aliphatic rings. The topological polar surface area (TPSA) is 83.6 Å². The molecule has 1 N–H and O–H groups in total. The van der Waals surface area contributed by atoms with E-state index in [4.69, 9.17) is 0 Å². The first-order valence-corrected chi connectivity index (χ1v) is 10.6. The first-order valence-electron chi connectivity index (χ1n) is 8.91. The first kappa shape index (κ1) is 19.1. The number of sulfone groups is 1. The van der Waals surface area contributed by atoms with Gasteiger partial charge in [-0.25, -0.2) is 8.42 Å². The zero-order valence-electron chi connectivity index (χ0n) is 15.1. The molecule has 7 heteroatoms. The molecule has 6 nitrogen and oxygen atoms in total. The highest BCUT2D eigenvalue weighted by Crippen LogP contribution is 2.37. The van der Waals surface area contributed by atoms with E-state index < -0.39 is 26.9 Å². The van der Waals surface area contributed by atoms with Gasteiger partial charge in [0.05, 0.1) is 0 Å². The van der Waals surface area contributed by atoms with E-state index in [9.17, 15) is 18.0 Å². The van der Waals surface area contributed by atoms with Crippen LogP contribution < -0.4 is 10.2 Å². The highest BCUT2D eigenvalue weighted by atomic mass is 32.2. The van der Waals surface area contributed by atoms with E-state index in [1.165, 1.54) is 4.90 Å². The van der Waals surface area contributed by atoms with Crippen LogP contribution in [0.1, 0.15) is 41.1 Å². The molecule has 2 aromatic rings. The molecule has 1 aliphatic heterocycles. The SMILES string of the molecule is CCCCNC(=O)c1cccc(C2N(c3ccccc3)C(=O)CS2(=O)=O)c1. The van der Waals surface area contributed by atoms with Gasteiger partial charge in [0.1, 0.15) is 5.75 Å². The highest BCUT2D eigenvalue weighted by molar-refractivity contribution is 7.93. The molecule has 0 saturated carbocycles. The molecular formula is C20H22N2O4S. The monoisotopic (exact) mass is 386 g/mol. The first-order chi connectivity index (χ1) is 12.9. The number of unbranched alkanes of at least 4 members (excludes halogenated alkanes) is 1. The molecule has 0 aliphatic carbocycles. The van der Waals surface area contributed by atoms with E-state index in [2.05, 4.69) is 5.32 Å². The molecule has 0 aromatic heterocycles. The predicted octanol–water partition coefficient (Wildman–Crippen LogP) is 2.68. The minimum atomic E-state index is -3.71. The van der Waals surface area contributed by atoms with Gasteiger partial charge in [0, 0.05) is 17.8 Å². The molecule has 0 radical (unpaired) electrons. The third kappa shape index (κ3) is 4.03. The van der Waals surface area contributed by atoms with Gasteiger partial charge in [0.25, 0.3) is 5.91 Å². The number of anilines is 1. The zero-order chi connectivity index (χ0) is 19.4. The summed E-state index contributed by atoms with van der Waals surface area (Å²) < 4.78 is 25.4. The van der Waals surface area contributed by atoms with Crippen LogP contribution in [0.4, 0.5) is 5.69 Å². The summed E-state index contributed by atoms with van der Waals surface area (Å²) in [6.45, 7) is 2.60. The Balaban J connectivity index is 1.96. The number of carbonyl (C=O) groups excluding carboxylic acids is 2. The second-order valence-corrected chi connectivity index (χ2v) is 8.55. The van der Waals surface area contributed by atoms with Crippen LogP contribution in [0.5, 0.6) is 0 Å². The fourth-order valence-electron chi connectivity index (χ4n) is 3.15. The zero-order valence-corrected chi connectivity index (χ0v) is 15.9. The molecule has 2 amide bonds. The quantitative estimate of drug-likeness (QED) is 0.774. The summed E-state index contributed by atoms with van der Waals surface area (Å²) in [5, 5.41) is 1.69. The number of hydrogen-bond acceptors (Lipinski definition) is 4. The third-order valence-corrected chi connectivity index (χ3v) is 6.26. The Morgan fingerprint density at radius 3 is 2.59 bits per heavy atom. The molecule has 1 atom stereocenters. The predicted molar refractivity (Wildman–Crippen MR) is 104 cm³/mol. The molecular weight excluding hydrogens is 364 g/mol. The molecule has 142 valence electrons. The Morgan fingerprint density at radius 1 is 1.15 bits per heavy atom. The fraction of sp³-hybridized carbons (Fsp3) is 0.300. The van der Waals surface area contributed by atoms with Crippen LogP contribution in [0.15, 0.2) is 54.6 Å². The minimum absolute atomic E-state index is 0.252. The van der Waals surface area contributed by atoms with Gasteiger partial charge in [-0.1, -0.05) is 43.7 Å². The Hall–Kier alpha value is -2.67. The molecule has 2 aromatic carbocycles. The van der Waals surface area contributed by atoms with Crippen molar-refractivity contribution in [1.29, 1.82) is 0 Å². The van der Waals surface area contributed by atoms with Crippen molar-refractivity contribution in [2.24, 2.45) is 0 Å². The van der Waals surface area contributed by atoms with Crippen molar-refractivity contribution in [3.63, 3.8) is 0 Å². The van der Waals surface area contributed by atoms with E-state index in [1.54, 1.807) is 54.6 Å². The Labute approximate surface area is 159 Å². The molecule has 1 heterocycles. The number of amides is 2. The van der Waals surface area contributed by atoms with Crippen LogP contribution in [-0.4, -0.2) is 32.5 Å². The summed E-state index contributed by atoms with van der Waals surface area (Å²) >= 11 is 0. The van der Waals surface area contributed by atoms with Gasteiger partial charge in [-0.15, -0.1) is 0 Å². The van der Waals surface area contributed by atoms with Crippen molar-refractivity contribution in [3.05, 3.63) is 65.7 Å². The van der Waals surface area contributed by atoms with Crippen molar-refractivity contribution in [3.8, 4) is 0 Å². The molecule has 27 heavy (non-hydrogen) atoms. The third-order valence-electron chi connectivity index (χ3n) is 4.45. The van der Waals surface area contributed by atoms with Gasteiger partial charge in [-0.3, -0.25) is 14.5 Å². The van der Waals surface area contributed by atoms with Crippen LogP contribution in [0.3, 0.4) is 0 Å². The van der Waals surface area contributed by atoms with Gasteiger partial charge in [-0.2, -0.15) is 0 Å². The Morgan fingerprint density at radius 2 is 1.89 bits per heavy atom. The highest BCUT2D eigenvalue weighted by Gasteiger charge is 2.45. The van der Waals surface area contributed by atoms with Crippen molar-refractivity contribution in [2.75, 3.05) is 17.2 Å². The summed E-state index contributed by atoms with van der Waals surface area (Å²) in [7, 11) is -3.71. The van der Waals surface area contributed by atoms with E-state index in [0.29, 0.717) is 23.4 Å². The number of hydrogen-bond donors (Lipinski definition) is 1. The van der Waals surface area contributed by atoms with Crippen LogP contribution in [0, 0.1) is 0 Å². The van der Waals surface area contributed by atoms with Crippen molar-refractivity contribution < 1.29 is 18.0 Å². The van der Waals surface area contributed by atoms with Crippen molar-refractivity contribution >= 4 is 27.3 Å². The van der Waals surface area contributed by atoms with Gasteiger partial charge >= 0.3 is 0 Å². The summed E-state index contributed by atoms with van der Waals surface area (Å²) in [5.41, 5.74) is 1.31. The number of rotatable bonds is 6. The Kier molecular flexibility index (Phi) is 5.60. The van der Waals surface area contributed by atoms with E-state index >= 15 is 0 Å². The van der Waals surface area contributed by atoms with E-state index in [-0.39, 0.29) is 5.91 Å². The average Bonchev–Trinajstić information content (AvgIpc) is 2.91. The molecule has 0 bridgehead atoms. The van der Waals surface area contributed by atoms with Gasteiger partial charge in [0.2, 0.25) is 5.91 Å². The van der Waals surface area contributed by atoms with E-state index in [1.807, 2.05) is 6.92 Å². The second-order valence-electron chi connectivity index (χ2n) is 6.49. The van der Waals surface area contributed by atoms with Crippen LogP contribution in [0.25, 0.3) is 0 Å². The number of nitrogens with one attached hydrogen (secondary N) is 1. The van der Waals surface area contributed by atoms with Crippen LogP contribution in [0.2, 0.25) is 0 Å². The molecule has 1 fully saturated rings. The van der Waals surface area contributed by atoms with Gasteiger partial charge in [0.15, 0.2) is 15.2 Å². The second kappa shape index (κ2) is 7.92. The maximum absolute atomic E-state index is 12.7. The molecule has 0 spiro atoms. The number of para-hydroxylation sites is 1. The van der Waals surface area contributed by atoms with Crippen LogP contribution in [-0.2, 0) is 14.6 Å². The van der Waals surface area contributed by atoms with Crippen molar-refractivity contribution in [1.82, 2.24) is 5.32 Å². The van der Waals surface area contributed by atoms with E-state index in [0.717, 1.165) is 12.8 Å². The molecule has 1 unspecified atom stereocenters. The number of benzene rings is 2. The summed E-state index contributed by atoms with van der Waals surface area (Å²) in [5.74, 6) is -1.26. The molecule has 1 saturated heterocycles. The van der Waals surface area contributed by atoms with Gasteiger partial charge < -0.3 is 5.32 Å². The van der Waals surface area contributed by atoms with Crippen LogP contribution >= 0.6 is 0 Å². The number of nitrogens with zero attached hydrogens (tertiary/aromatic N) is 1. The summed E-state index contributed by atoms with van der Waals surface area (Å²) in [4.78, 5) is 26.1. The standard InChI is InChI=1S/C20H22N2O4S/c1-2-3-12-21-19(24)15-8-7-9-16(13-15)20-22(17-10-5-4-6-11-17)18(23)14-27(20,25)26/h4-11,13,20H,2-3,12,14H2,1H3,(H,21,24). The van der Waals surface area contributed by atoms with Gasteiger partial charge in [-0.05, 0) is 36.2 Å². The fourth-order valence-corrected chi connectivity index (χ4v) is 4.91. The largest absolute Gasteiger partial charge is 0.352 e. The normalized spacial score (nSPS) is 18.5. The lowest BCUT2D eigenvalue weighted by Crippen LogP contribution is -2.29. The number of carbonyl (C=O) groups is 2. The average molecular weight is 386 g/mol. The summed E-state index contributed by atoms with van der Waals surface area (Å²) in [6, 6.07) is 15.2. The van der Waals surface area contributed by atoms with Crippen molar-refractivity contribution in [2.45, 2.75) is 25.1 Å². The summed E-state index contributed by atoms with van der Waals surface area (Å²) in [6.07, 6.45) is 1.84. The smallest absolute Gasteiger partial charge is 0.251 e. The lowest BCUT2D eigenvalue weighted by molar-refractivity contribution is -0.115. The Bertz CT molecular complexity index is 941.